The average molecular weight is 292 g/mol. The number of aromatic nitrogens is 2. The van der Waals surface area contributed by atoms with Gasteiger partial charge in [0.1, 0.15) is 5.82 Å². The van der Waals surface area contributed by atoms with Crippen LogP contribution >= 0.6 is 0 Å². The van der Waals surface area contributed by atoms with Gasteiger partial charge in [-0.15, -0.1) is 0 Å². The zero-order valence-electron chi connectivity index (χ0n) is 11.6. The Labute approximate surface area is 115 Å². The van der Waals surface area contributed by atoms with Crippen molar-refractivity contribution in [2.75, 3.05) is 17.6 Å². The molecule has 8 heteroatoms. The molecule has 1 aromatic rings. The summed E-state index contributed by atoms with van der Waals surface area (Å²) in [7, 11) is 0. The maximum Gasteiger partial charge on any atom is 0.433 e. The molecule has 0 saturated heterocycles. The van der Waals surface area contributed by atoms with E-state index in [1.807, 2.05) is 13.8 Å². The first-order chi connectivity index (χ1) is 8.99. The Morgan fingerprint density at radius 3 is 2.45 bits per heavy atom. The fourth-order valence-corrected chi connectivity index (χ4v) is 1.93. The van der Waals surface area contributed by atoms with Crippen LogP contribution in [0.25, 0.3) is 0 Å². The minimum atomic E-state index is -4.59. The van der Waals surface area contributed by atoms with Crippen LogP contribution in [-0.2, 0) is 6.18 Å². The largest absolute Gasteiger partial charge is 0.433 e. The van der Waals surface area contributed by atoms with Crippen LogP contribution in [0.3, 0.4) is 0 Å². The molecule has 0 aliphatic heterocycles. The second-order valence-electron chi connectivity index (χ2n) is 5.44. The number of nitrogens with zero attached hydrogens (tertiary/aromatic N) is 2. The molecular formula is C12H19F3N4O. The quantitative estimate of drug-likeness (QED) is 0.775. The predicted molar refractivity (Wildman–Crippen MR) is 70.0 cm³/mol. The molecule has 1 rings (SSSR count). The third-order valence-corrected chi connectivity index (χ3v) is 2.53. The molecule has 20 heavy (non-hydrogen) atoms. The number of hydrogen-bond donors (Lipinski definition) is 3. The Morgan fingerprint density at radius 2 is 1.95 bits per heavy atom. The van der Waals surface area contributed by atoms with Gasteiger partial charge in [0.2, 0.25) is 5.95 Å². The number of nitrogens with two attached hydrogens (primary N) is 1. The summed E-state index contributed by atoms with van der Waals surface area (Å²) in [6.07, 6.45) is -4.08. The molecule has 0 amide bonds. The highest BCUT2D eigenvalue weighted by Crippen LogP contribution is 2.29. The molecule has 5 nitrogen and oxygen atoms in total. The first-order valence-electron chi connectivity index (χ1n) is 6.17. The molecule has 1 unspecified atom stereocenters. The Morgan fingerprint density at radius 1 is 1.35 bits per heavy atom. The molecule has 0 aliphatic rings. The van der Waals surface area contributed by atoms with Crippen LogP contribution in [0.15, 0.2) is 6.07 Å². The maximum atomic E-state index is 12.6. The summed E-state index contributed by atoms with van der Waals surface area (Å²) in [5, 5.41) is 12.7. The molecule has 0 aliphatic carbocycles. The number of anilines is 2. The second-order valence-corrected chi connectivity index (χ2v) is 5.44. The van der Waals surface area contributed by atoms with Gasteiger partial charge in [-0.3, -0.25) is 0 Å². The first kappa shape index (κ1) is 16.5. The molecule has 4 N–H and O–H groups in total. The van der Waals surface area contributed by atoms with Crippen molar-refractivity contribution in [2.24, 2.45) is 5.92 Å². The average Bonchev–Trinajstić information content (AvgIpc) is 2.23. The summed E-state index contributed by atoms with van der Waals surface area (Å²) in [5.41, 5.74) is 3.09. The van der Waals surface area contributed by atoms with Gasteiger partial charge in [-0.05, 0) is 19.3 Å². The summed E-state index contributed by atoms with van der Waals surface area (Å²) >= 11 is 0. The lowest BCUT2D eigenvalue weighted by atomic mass is 9.94. The summed E-state index contributed by atoms with van der Waals surface area (Å²) in [6.45, 7) is 5.56. The van der Waals surface area contributed by atoms with Gasteiger partial charge in [0.25, 0.3) is 0 Å². The van der Waals surface area contributed by atoms with Gasteiger partial charge < -0.3 is 16.2 Å². The monoisotopic (exact) mass is 292 g/mol. The fraction of sp³-hybridized carbons (Fsp3) is 0.667. The van der Waals surface area contributed by atoms with Crippen molar-refractivity contribution in [3.63, 3.8) is 0 Å². The van der Waals surface area contributed by atoms with E-state index in [4.69, 9.17) is 5.73 Å². The molecule has 0 fully saturated rings. The molecular weight excluding hydrogens is 273 g/mol. The van der Waals surface area contributed by atoms with Crippen LogP contribution in [0.4, 0.5) is 24.9 Å². The molecule has 1 heterocycles. The van der Waals surface area contributed by atoms with Crippen molar-refractivity contribution in [3.8, 4) is 0 Å². The van der Waals surface area contributed by atoms with E-state index in [-0.39, 0.29) is 18.3 Å². The van der Waals surface area contributed by atoms with E-state index >= 15 is 0 Å². The van der Waals surface area contributed by atoms with Crippen LogP contribution in [0.1, 0.15) is 32.9 Å². The molecule has 0 aromatic carbocycles. The molecule has 0 radical (unpaired) electrons. The summed E-state index contributed by atoms with van der Waals surface area (Å²) in [4.78, 5) is 6.81. The number of aliphatic hydroxyl groups is 1. The predicted octanol–water partition coefficient (Wildman–Crippen LogP) is 2.29. The van der Waals surface area contributed by atoms with Crippen molar-refractivity contribution >= 4 is 11.8 Å². The van der Waals surface area contributed by atoms with Gasteiger partial charge in [-0.2, -0.15) is 18.2 Å². The minimum absolute atomic E-state index is 0.0612. The zero-order valence-corrected chi connectivity index (χ0v) is 11.6. The van der Waals surface area contributed by atoms with E-state index in [0.29, 0.717) is 6.42 Å². The highest BCUT2D eigenvalue weighted by Gasteiger charge is 2.33. The summed E-state index contributed by atoms with van der Waals surface area (Å²) in [5.74, 6) is -0.271. The van der Waals surface area contributed by atoms with Crippen molar-refractivity contribution in [3.05, 3.63) is 11.8 Å². The molecule has 1 atom stereocenters. The third kappa shape index (κ3) is 5.20. The van der Waals surface area contributed by atoms with Crippen molar-refractivity contribution in [1.82, 2.24) is 9.97 Å². The standard InChI is InChI=1S/C12H19F3N4O/c1-7(2)5-11(3,20)6-17-9-4-8(12(13,14)15)18-10(16)19-9/h4,7,20H,5-6H2,1-3H3,(H3,16,17,18,19). The van der Waals surface area contributed by atoms with E-state index in [0.717, 1.165) is 6.07 Å². The van der Waals surface area contributed by atoms with E-state index in [1.54, 1.807) is 6.92 Å². The highest BCUT2D eigenvalue weighted by molar-refractivity contribution is 5.41. The lowest BCUT2D eigenvalue weighted by Gasteiger charge is -2.26. The molecule has 0 spiro atoms. The summed E-state index contributed by atoms with van der Waals surface area (Å²) < 4.78 is 37.7. The lowest BCUT2D eigenvalue weighted by Crippen LogP contribution is -2.35. The highest BCUT2D eigenvalue weighted by atomic mass is 19.4. The Balaban J connectivity index is 2.81. The Kier molecular flexibility index (Phi) is 4.80. The van der Waals surface area contributed by atoms with Gasteiger partial charge in [0.15, 0.2) is 5.69 Å². The van der Waals surface area contributed by atoms with E-state index in [1.165, 1.54) is 0 Å². The van der Waals surface area contributed by atoms with Gasteiger partial charge in [0.05, 0.1) is 5.60 Å². The van der Waals surface area contributed by atoms with Crippen LogP contribution in [0.2, 0.25) is 0 Å². The van der Waals surface area contributed by atoms with Gasteiger partial charge in [0, 0.05) is 12.6 Å². The molecule has 114 valence electrons. The van der Waals surface area contributed by atoms with Crippen molar-refractivity contribution in [1.29, 1.82) is 0 Å². The van der Waals surface area contributed by atoms with Crippen LogP contribution in [0.5, 0.6) is 0 Å². The van der Waals surface area contributed by atoms with Crippen LogP contribution in [-0.4, -0.2) is 27.2 Å². The lowest BCUT2D eigenvalue weighted by molar-refractivity contribution is -0.141. The number of halogens is 3. The SMILES string of the molecule is CC(C)CC(C)(O)CNc1cc(C(F)(F)F)nc(N)n1. The Hall–Kier alpha value is -1.57. The normalized spacial score (nSPS) is 15.2. The smallest absolute Gasteiger partial charge is 0.388 e. The number of nitrogen functional groups attached to an aromatic ring is 1. The van der Waals surface area contributed by atoms with Crippen molar-refractivity contribution < 1.29 is 18.3 Å². The molecule has 0 bridgehead atoms. The van der Waals surface area contributed by atoms with E-state index in [2.05, 4.69) is 15.3 Å². The van der Waals surface area contributed by atoms with E-state index in [9.17, 15) is 18.3 Å². The number of hydrogen-bond acceptors (Lipinski definition) is 5. The zero-order chi connectivity index (χ0) is 15.6. The van der Waals surface area contributed by atoms with Gasteiger partial charge in [-0.1, -0.05) is 13.8 Å². The van der Waals surface area contributed by atoms with Crippen molar-refractivity contribution in [2.45, 2.75) is 39.0 Å². The second kappa shape index (κ2) is 5.82. The summed E-state index contributed by atoms with van der Waals surface area (Å²) in [6, 6.07) is 0.766. The number of nitrogens with one attached hydrogen (secondary N) is 1. The van der Waals surface area contributed by atoms with E-state index < -0.39 is 23.4 Å². The van der Waals surface area contributed by atoms with Crippen LogP contribution in [0, 0.1) is 5.92 Å². The maximum absolute atomic E-state index is 12.6. The van der Waals surface area contributed by atoms with Crippen LogP contribution < -0.4 is 11.1 Å². The number of alkyl halides is 3. The third-order valence-electron chi connectivity index (χ3n) is 2.53. The van der Waals surface area contributed by atoms with Gasteiger partial charge in [-0.25, -0.2) is 4.98 Å². The van der Waals surface area contributed by atoms with Gasteiger partial charge >= 0.3 is 6.18 Å². The topological polar surface area (TPSA) is 84.1 Å². The molecule has 1 aromatic heterocycles. The Bertz CT molecular complexity index is 461. The minimum Gasteiger partial charge on any atom is -0.388 e. The fourth-order valence-electron chi connectivity index (χ4n) is 1.93. The number of rotatable bonds is 5. The first-order valence-corrected chi connectivity index (χ1v) is 6.17. The molecule has 0 saturated carbocycles.